The van der Waals surface area contributed by atoms with Gasteiger partial charge in [0.2, 0.25) is 17.7 Å². The molecule has 1 aromatic heterocycles. The summed E-state index contributed by atoms with van der Waals surface area (Å²) < 4.78 is 5.23. The van der Waals surface area contributed by atoms with E-state index in [1.54, 1.807) is 0 Å². The van der Waals surface area contributed by atoms with Gasteiger partial charge >= 0.3 is 0 Å². The van der Waals surface area contributed by atoms with E-state index < -0.39 is 6.10 Å². The molecule has 2 aromatic rings. The lowest BCUT2D eigenvalue weighted by Gasteiger charge is -2.34. The number of hydrogen-bond acceptors (Lipinski definition) is 6. The van der Waals surface area contributed by atoms with Gasteiger partial charge in [-0.15, -0.1) is 0 Å². The molecule has 0 unspecified atom stereocenters. The van der Waals surface area contributed by atoms with Crippen LogP contribution in [0.1, 0.15) is 76.1 Å². The first-order chi connectivity index (χ1) is 15.3. The molecule has 0 bridgehead atoms. The summed E-state index contributed by atoms with van der Waals surface area (Å²) >= 11 is 0. The molecule has 32 heavy (non-hydrogen) atoms. The summed E-state index contributed by atoms with van der Waals surface area (Å²) in [6, 6.07) is 9.83. The van der Waals surface area contributed by atoms with Crippen molar-refractivity contribution in [2.45, 2.75) is 82.8 Å². The predicted octanol–water partition coefficient (Wildman–Crippen LogP) is 2.62. The van der Waals surface area contributed by atoms with Crippen LogP contribution in [-0.2, 0) is 21.4 Å². The largest absolute Gasteiger partial charge is 0.391 e. The number of nitrogens with zero attached hydrogens (tertiary/aromatic N) is 2. The number of carbonyl (C=O) groups excluding carboxylic acids is 2. The minimum atomic E-state index is -0.604. The number of aliphatic hydroxyl groups excluding tert-OH is 1. The van der Waals surface area contributed by atoms with Crippen LogP contribution in [0.2, 0.25) is 0 Å². The molecule has 1 heterocycles. The van der Waals surface area contributed by atoms with Crippen molar-refractivity contribution in [3.63, 3.8) is 0 Å². The van der Waals surface area contributed by atoms with Crippen molar-refractivity contribution in [1.29, 1.82) is 0 Å². The van der Waals surface area contributed by atoms with Gasteiger partial charge < -0.3 is 20.3 Å². The van der Waals surface area contributed by atoms with E-state index in [0.717, 1.165) is 18.4 Å². The Balaban J connectivity index is 1.65. The first kappa shape index (κ1) is 23.9. The molecule has 0 radical (unpaired) electrons. The van der Waals surface area contributed by atoms with E-state index in [-0.39, 0.29) is 35.6 Å². The van der Waals surface area contributed by atoms with Crippen LogP contribution in [0, 0.1) is 0 Å². The third-order valence-electron chi connectivity index (χ3n) is 6.28. The molecule has 8 nitrogen and oxygen atoms in total. The molecule has 0 spiro atoms. The SMILES string of the molecule is CC(=O)N[C@H]1CC[C@](CNC(=O)CCc2nc(C(C)C)no2)(c2ccccc2)CC[C@@H]1O. The van der Waals surface area contributed by atoms with E-state index in [1.165, 1.54) is 6.92 Å². The van der Waals surface area contributed by atoms with Crippen LogP contribution < -0.4 is 10.6 Å². The van der Waals surface area contributed by atoms with Crippen molar-refractivity contribution in [2.24, 2.45) is 0 Å². The average Bonchev–Trinajstić information content (AvgIpc) is 3.20. The van der Waals surface area contributed by atoms with Gasteiger partial charge in [-0.2, -0.15) is 4.98 Å². The number of aliphatic hydroxyl groups is 1. The Hall–Kier alpha value is -2.74. The Bertz CT molecular complexity index is 898. The number of benzene rings is 1. The van der Waals surface area contributed by atoms with Gasteiger partial charge in [0.05, 0.1) is 12.1 Å². The van der Waals surface area contributed by atoms with Crippen molar-refractivity contribution < 1.29 is 19.2 Å². The average molecular weight is 443 g/mol. The second kappa shape index (κ2) is 10.7. The number of hydrogen-bond donors (Lipinski definition) is 3. The monoisotopic (exact) mass is 442 g/mol. The fraction of sp³-hybridized carbons (Fsp3) is 0.583. The number of nitrogens with one attached hydrogen (secondary N) is 2. The molecule has 0 saturated heterocycles. The first-order valence-electron chi connectivity index (χ1n) is 11.4. The minimum absolute atomic E-state index is 0.0761. The summed E-state index contributed by atoms with van der Waals surface area (Å²) in [5.41, 5.74) is 0.829. The molecule has 1 aromatic carbocycles. The second-order valence-electron chi connectivity index (χ2n) is 9.08. The molecule has 1 fully saturated rings. The molecule has 2 amide bonds. The Morgan fingerprint density at radius 1 is 1.22 bits per heavy atom. The number of rotatable bonds is 8. The van der Waals surface area contributed by atoms with Crippen LogP contribution in [-0.4, -0.2) is 45.8 Å². The highest BCUT2D eigenvalue weighted by molar-refractivity contribution is 5.76. The Kier molecular flexibility index (Phi) is 8.01. The van der Waals surface area contributed by atoms with Gasteiger partial charge in [0, 0.05) is 37.6 Å². The van der Waals surface area contributed by atoms with Crippen LogP contribution in [0.15, 0.2) is 34.9 Å². The lowest BCUT2D eigenvalue weighted by atomic mass is 9.74. The van der Waals surface area contributed by atoms with Crippen molar-refractivity contribution >= 4 is 11.8 Å². The number of carbonyl (C=O) groups is 2. The van der Waals surface area contributed by atoms with Crippen molar-refractivity contribution in [3.8, 4) is 0 Å². The molecule has 1 aliphatic carbocycles. The van der Waals surface area contributed by atoms with E-state index in [2.05, 4.69) is 32.9 Å². The smallest absolute Gasteiger partial charge is 0.227 e. The summed E-state index contributed by atoms with van der Waals surface area (Å²) in [5.74, 6) is 1.08. The third-order valence-corrected chi connectivity index (χ3v) is 6.28. The lowest BCUT2D eigenvalue weighted by Crippen LogP contribution is -2.42. The van der Waals surface area contributed by atoms with Gasteiger partial charge in [0.1, 0.15) is 0 Å². The van der Waals surface area contributed by atoms with Crippen molar-refractivity contribution in [2.75, 3.05) is 6.54 Å². The zero-order chi connectivity index (χ0) is 23.1. The summed E-state index contributed by atoms with van der Waals surface area (Å²) in [6.45, 7) is 5.92. The minimum Gasteiger partial charge on any atom is -0.391 e. The highest BCUT2D eigenvalue weighted by Crippen LogP contribution is 2.38. The first-order valence-corrected chi connectivity index (χ1v) is 11.4. The van der Waals surface area contributed by atoms with E-state index in [4.69, 9.17) is 4.52 Å². The molecular formula is C24H34N4O4. The fourth-order valence-corrected chi connectivity index (χ4v) is 4.34. The van der Waals surface area contributed by atoms with Crippen LogP contribution in [0.5, 0.6) is 0 Å². The predicted molar refractivity (Wildman–Crippen MR) is 120 cm³/mol. The van der Waals surface area contributed by atoms with Gasteiger partial charge in [0.25, 0.3) is 0 Å². The maximum absolute atomic E-state index is 12.6. The van der Waals surface area contributed by atoms with Gasteiger partial charge in [0.15, 0.2) is 5.82 Å². The standard InChI is InChI=1S/C24H34N4O4/c1-16(2)23-27-22(32-28-23)10-9-21(31)25-15-24(18-7-5-4-6-8-18)13-11-19(26-17(3)29)20(30)12-14-24/h4-8,16,19-20,30H,9-15H2,1-3H3,(H,25,31)(H,26,29)/t19-,20-,24-/m0/s1. The maximum Gasteiger partial charge on any atom is 0.227 e. The molecule has 174 valence electrons. The van der Waals surface area contributed by atoms with Crippen LogP contribution in [0.4, 0.5) is 0 Å². The zero-order valence-electron chi connectivity index (χ0n) is 19.1. The van der Waals surface area contributed by atoms with Crippen molar-refractivity contribution in [3.05, 3.63) is 47.6 Å². The zero-order valence-corrected chi connectivity index (χ0v) is 19.1. The van der Waals surface area contributed by atoms with Crippen LogP contribution in [0.25, 0.3) is 0 Å². The van der Waals surface area contributed by atoms with Crippen LogP contribution >= 0.6 is 0 Å². The van der Waals surface area contributed by atoms with E-state index in [9.17, 15) is 14.7 Å². The normalized spacial score (nSPS) is 23.5. The van der Waals surface area contributed by atoms with Gasteiger partial charge in [-0.25, -0.2) is 0 Å². The molecule has 1 saturated carbocycles. The van der Waals surface area contributed by atoms with E-state index >= 15 is 0 Å². The van der Waals surface area contributed by atoms with Crippen molar-refractivity contribution in [1.82, 2.24) is 20.8 Å². The summed E-state index contributed by atoms with van der Waals surface area (Å²) in [4.78, 5) is 28.5. The second-order valence-corrected chi connectivity index (χ2v) is 9.08. The van der Waals surface area contributed by atoms with Gasteiger partial charge in [-0.05, 0) is 31.2 Å². The summed E-state index contributed by atoms with van der Waals surface area (Å²) in [5, 5.41) is 20.5. The highest BCUT2D eigenvalue weighted by Gasteiger charge is 2.38. The number of aryl methyl sites for hydroxylation is 1. The molecular weight excluding hydrogens is 408 g/mol. The molecule has 8 heteroatoms. The summed E-state index contributed by atoms with van der Waals surface area (Å²) in [7, 11) is 0. The number of amides is 2. The van der Waals surface area contributed by atoms with Gasteiger partial charge in [-0.3, -0.25) is 9.59 Å². The Morgan fingerprint density at radius 2 is 1.94 bits per heavy atom. The fourth-order valence-electron chi connectivity index (χ4n) is 4.34. The quantitative estimate of drug-likeness (QED) is 0.541. The Labute approximate surface area is 189 Å². The topological polar surface area (TPSA) is 117 Å². The molecule has 3 N–H and O–H groups in total. The maximum atomic E-state index is 12.6. The number of aromatic nitrogens is 2. The molecule has 3 atom stereocenters. The summed E-state index contributed by atoms with van der Waals surface area (Å²) in [6.07, 6.45) is 2.72. The Morgan fingerprint density at radius 3 is 2.59 bits per heavy atom. The van der Waals surface area contributed by atoms with Crippen LogP contribution in [0.3, 0.4) is 0 Å². The third kappa shape index (κ3) is 6.16. The van der Waals surface area contributed by atoms with Gasteiger partial charge in [-0.1, -0.05) is 49.3 Å². The molecule has 0 aliphatic heterocycles. The molecule has 3 rings (SSSR count). The lowest BCUT2D eigenvalue weighted by molar-refractivity contribution is -0.121. The molecule has 1 aliphatic rings. The van der Waals surface area contributed by atoms with E-state index in [1.807, 2.05) is 32.0 Å². The van der Waals surface area contributed by atoms with E-state index in [0.29, 0.717) is 37.5 Å². The highest BCUT2D eigenvalue weighted by atomic mass is 16.5.